The van der Waals surface area contributed by atoms with Gasteiger partial charge in [0.2, 0.25) is 0 Å². The summed E-state index contributed by atoms with van der Waals surface area (Å²) in [4.78, 5) is 11.0. The molecule has 0 saturated heterocycles. The van der Waals surface area contributed by atoms with Gasteiger partial charge in [-0.05, 0) is 18.4 Å². The summed E-state index contributed by atoms with van der Waals surface area (Å²) in [5, 5.41) is 0. The van der Waals surface area contributed by atoms with Crippen LogP contribution >= 0.6 is 0 Å². The predicted molar refractivity (Wildman–Crippen MR) is 66.4 cm³/mol. The standard InChI is InChI=1S/C14H19NO2/c15-14(16)17-13(11-7-3-1-4-8-11)12-9-5-2-6-10-12/h1,3-4,7-8,12-13H,2,5-6,9-10H2,(H2,15,16). The number of hydrogen-bond acceptors (Lipinski definition) is 2. The maximum absolute atomic E-state index is 11.0. The molecule has 92 valence electrons. The van der Waals surface area contributed by atoms with E-state index in [0.717, 1.165) is 18.4 Å². The SMILES string of the molecule is NC(=O)OC(c1ccccc1)C1CCCCC1. The number of nitrogens with two attached hydrogens (primary N) is 1. The van der Waals surface area contributed by atoms with Crippen LogP contribution in [0.1, 0.15) is 43.8 Å². The van der Waals surface area contributed by atoms with Crippen LogP contribution in [0.4, 0.5) is 4.79 Å². The fourth-order valence-corrected chi connectivity index (χ4v) is 2.64. The summed E-state index contributed by atoms with van der Waals surface area (Å²) in [5.41, 5.74) is 6.23. The first-order chi connectivity index (χ1) is 8.27. The van der Waals surface area contributed by atoms with E-state index in [0.29, 0.717) is 5.92 Å². The van der Waals surface area contributed by atoms with Gasteiger partial charge in [-0.2, -0.15) is 0 Å². The lowest BCUT2D eigenvalue weighted by atomic mass is 9.82. The van der Waals surface area contributed by atoms with Crippen LogP contribution in [0.25, 0.3) is 0 Å². The number of ether oxygens (including phenoxy) is 1. The molecule has 0 radical (unpaired) electrons. The number of rotatable bonds is 3. The predicted octanol–water partition coefficient (Wildman–Crippen LogP) is 3.40. The van der Waals surface area contributed by atoms with E-state index in [4.69, 9.17) is 10.5 Å². The van der Waals surface area contributed by atoms with Crippen molar-refractivity contribution in [3.8, 4) is 0 Å². The smallest absolute Gasteiger partial charge is 0.405 e. The Hall–Kier alpha value is -1.51. The van der Waals surface area contributed by atoms with Crippen LogP contribution in [-0.4, -0.2) is 6.09 Å². The Morgan fingerprint density at radius 3 is 2.41 bits per heavy atom. The van der Waals surface area contributed by atoms with Crippen LogP contribution in [0.3, 0.4) is 0 Å². The van der Waals surface area contributed by atoms with E-state index >= 15 is 0 Å². The van der Waals surface area contributed by atoms with Gasteiger partial charge in [-0.15, -0.1) is 0 Å². The van der Waals surface area contributed by atoms with Gasteiger partial charge in [0, 0.05) is 5.92 Å². The molecule has 0 aromatic heterocycles. The highest BCUT2D eigenvalue weighted by molar-refractivity contribution is 5.65. The van der Waals surface area contributed by atoms with Crippen molar-refractivity contribution < 1.29 is 9.53 Å². The fraction of sp³-hybridized carbons (Fsp3) is 0.500. The third kappa shape index (κ3) is 3.22. The Bertz CT molecular complexity index is 358. The van der Waals surface area contributed by atoms with Gasteiger partial charge in [-0.3, -0.25) is 0 Å². The molecular formula is C14H19NO2. The topological polar surface area (TPSA) is 52.3 Å². The Morgan fingerprint density at radius 1 is 1.18 bits per heavy atom. The zero-order valence-corrected chi connectivity index (χ0v) is 9.97. The molecule has 0 bridgehead atoms. The summed E-state index contributed by atoms with van der Waals surface area (Å²) in [6.07, 6.45) is 5.11. The van der Waals surface area contributed by atoms with Crippen molar-refractivity contribution in [2.75, 3.05) is 0 Å². The van der Waals surface area contributed by atoms with Crippen LogP contribution in [-0.2, 0) is 4.74 Å². The third-order valence-electron chi connectivity index (χ3n) is 3.45. The number of carbonyl (C=O) groups excluding carboxylic acids is 1. The summed E-state index contributed by atoms with van der Waals surface area (Å²) < 4.78 is 5.31. The van der Waals surface area contributed by atoms with Gasteiger partial charge in [-0.1, -0.05) is 49.6 Å². The minimum absolute atomic E-state index is 0.172. The minimum atomic E-state index is -0.676. The van der Waals surface area contributed by atoms with E-state index in [1.165, 1.54) is 19.3 Å². The number of amides is 1. The number of carbonyl (C=O) groups is 1. The third-order valence-corrected chi connectivity index (χ3v) is 3.45. The molecule has 1 aliphatic rings. The second-order valence-electron chi connectivity index (χ2n) is 4.67. The number of benzene rings is 1. The molecule has 3 heteroatoms. The monoisotopic (exact) mass is 233 g/mol. The number of hydrogen-bond donors (Lipinski definition) is 1. The largest absolute Gasteiger partial charge is 0.441 e. The van der Waals surface area contributed by atoms with E-state index in [1.807, 2.05) is 30.3 Å². The average Bonchev–Trinajstić information content (AvgIpc) is 2.38. The average molecular weight is 233 g/mol. The zero-order chi connectivity index (χ0) is 12.1. The molecule has 1 aromatic rings. The van der Waals surface area contributed by atoms with E-state index in [1.54, 1.807) is 0 Å². The first kappa shape index (κ1) is 12.0. The summed E-state index contributed by atoms with van der Waals surface area (Å²) in [7, 11) is 0. The maximum atomic E-state index is 11.0. The summed E-state index contributed by atoms with van der Waals surface area (Å²) >= 11 is 0. The van der Waals surface area contributed by atoms with Crippen molar-refractivity contribution in [2.45, 2.75) is 38.2 Å². The highest BCUT2D eigenvalue weighted by Gasteiger charge is 2.27. The molecule has 1 fully saturated rings. The highest BCUT2D eigenvalue weighted by Crippen LogP contribution is 2.36. The molecule has 1 unspecified atom stereocenters. The van der Waals surface area contributed by atoms with Crippen LogP contribution in [0.15, 0.2) is 30.3 Å². The molecule has 1 amide bonds. The lowest BCUT2D eigenvalue weighted by Crippen LogP contribution is -2.24. The molecular weight excluding hydrogens is 214 g/mol. The van der Waals surface area contributed by atoms with Crippen molar-refractivity contribution in [1.29, 1.82) is 0 Å². The molecule has 0 aliphatic heterocycles. The van der Waals surface area contributed by atoms with Crippen molar-refractivity contribution in [1.82, 2.24) is 0 Å². The van der Waals surface area contributed by atoms with Gasteiger partial charge in [-0.25, -0.2) is 4.79 Å². The summed E-state index contributed by atoms with van der Waals surface area (Å²) in [6.45, 7) is 0. The van der Waals surface area contributed by atoms with E-state index in [-0.39, 0.29) is 6.10 Å². The zero-order valence-electron chi connectivity index (χ0n) is 9.97. The Labute approximate surface area is 102 Å². The summed E-state index contributed by atoms with van der Waals surface area (Å²) in [6, 6.07) is 9.90. The van der Waals surface area contributed by atoms with Gasteiger partial charge >= 0.3 is 6.09 Å². The lowest BCUT2D eigenvalue weighted by molar-refractivity contribution is 0.0534. The van der Waals surface area contributed by atoms with Crippen molar-refractivity contribution in [3.05, 3.63) is 35.9 Å². The second-order valence-corrected chi connectivity index (χ2v) is 4.67. The van der Waals surface area contributed by atoms with Crippen molar-refractivity contribution >= 4 is 6.09 Å². The van der Waals surface area contributed by atoms with E-state index in [2.05, 4.69) is 0 Å². The maximum Gasteiger partial charge on any atom is 0.405 e. The van der Waals surface area contributed by atoms with Crippen LogP contribution < -0.4 is 5.73 Å². The molecule has 2 N–H and O–H groups in total. The van der Waals surface area contributed by atoms with Gasteiger partial charge in [0.05, 0.1) is 0 Å². The molecule has 0 spiro atoms. The van der Waals surface area contributed by atoms with Gasteiger partial charge in [0.15, 0.2) is 0 Å². The van der Waals surface area contributed by atoms with Gasteiger partial charge in [0.1, 0.15) is 6.10 Å². The van der Waals surface area contributed by atoms with E-state index in [9.17, 15) is 4.79 Å². The normalized spacial score (nSPS) is 18.6. The van der Waals surface area contributed by atoms with Crippen molar-refractivity contribution in [3.63, 3.8) is 0 Å². The van der Waals surface area contributed by atoms with Crippen LogP contribution in [0, 0.1) is 5.92 Å². The molecule has 1 saturated carbocycles. The van der Waals surface area contributed by atoms with Gasteiger partial charge < -0.3 is 10.5 Å². The fourth-order valence-electron chi connectivity index (χ4n) is 2.64. The first-order valence-corrected chi connectivity index (χ1v) is 6.28. The lowest BCUT2D eigenvalue weighted by Gasteiger charge is -2.29. The molecule has 1 atom stereocenters. The molecule has 3 nitrogen and oxygen atoms in total. The Balaban J connectivity index is 2.15. The minimum Gasteiger partial charge on any atom is -0.441 e. The quantitative estimate of drug-likeness (QED) is 0.869. The van der Waals surface area contributed by atoms with E-state index < -0.39 is 6.09 Å². The van der Waals surface area contributed by atoms with Crippen LogP contribution in [0.2, 0.25) is 0 Å². The Morgan fingerprint density at radius 2 is 1.82 bits per heavy atom. The van der Waals surface area contributed by atoms with Crippen molar-refractivity contribution in [2.24, 2.45) is 11.7 Å². The number of primary amides is 1. The molecule has 2 rings (SSSR count). The van der Waals surface area contributed by atoms with Gasteiger partial charge in [0.25, 0.3) is 0 Å². The summed E-state index contributed by atoms with van der Waals surface area (Å²) in [5.74, 6) is 0.415. The highest BCUT2D eigenvalue weighted by atomic mass is 16.6. The molecule has 0 heterocycles. The Kier molecular flexibility index (Phi) is 4.02. The second kappa shape index (κ2) is 5.71. The molecule has 17 heavy (non-hydrogen) atoms. The first-order valence-electron chi connectivity index (χ1n) is 6.28. The van der Waals surface area contributed by atoms with Crippen LogP contribution in [0.5, 0.6) is 0 Å². The molecule has 1 aromatic carbocycles. The molecule has 1 aliphatic carbocycles.